The van der Waals surface area contributed by atoms with Crippen molar-refractivity contribution in [1.29, 1.82) is 0 Å². The molecule has 4 heterocycles. The summed E-state index contributed by atoms with van der Waals surface area (Å²) in [7, 11) is 0. The monoisotopic (exact) mass is 458 g/mol. The molecular formula is C22H18F4N6O. The Morgan fingerprint density at radius 1 is 1.09 bits per heavy atom. The number of halogens is 4. The molecule has 3 aromatic rings. The number of alkyl halides is 3. The zero-order valence-corrected chi connectivity index (χ0v) is 17.1. The zero-order valence-electron chi connectivity index (χ0n) is 17.1. The van der Waals surface area contributed by atoms with Crippen LogP contribution in [0.2, 0.25) is 0 Å². The van der Waals surface area contributed by atoms with Crippen LogP contribution in [0.1, 0.15) is 35.3 Å². The molecule has 170 valence electrons. The van der Waals surface area contributed by atoms with Crippen LogP contribution < -0.4 is 5.32 Å². The van der Waals surface area contributed by atoms with E-state index in [0.717, 1.165) is 19.0 Å². The van der Waals surface area contributed by atoms with Crippen LogP contribution in [0.15, 0.2) is 48.9 Å². The normalized spacial score (nSPS) is 21.9. The molecule has 0 spiro atoms. The zero-order chi connectivity index (χ0) is 23.2. The summed E-state index contributed by atoms with van der Waals surface area (Å²) < 4.78 is 52.9. The van der Waals surface area contributed by atoms with E-state index in [-0.39, 0.29) is 46.7 Å². The lowest BCUT2D eigenvalue weighted by molar-refractivity contribution is -0.141. The van der Waals surface area contributed by atoms with Crippen molar-refractivity contribution < 1.29 is 22.4 Å². The van der Waals surface area contributed by atoms with Gasteiger partial charge in [0.2, 0.25) is 0 Å². The summed E-state index contributed by atoms with van der Waals surface area (Å²) in [5.74, 6) is -0.674. The average molecular weight is 458 g/mol. The number of nitrogens with zero attached hydrogens (tertiary/aromatic N) is 5. The van der Waals surface area contributed by atoms with Gasteiger partial charge in [-0.2, -0.15) is 23.4 Å². The van der Waals surface area contributed by atoms with Gasteiger partial charge < -0.3 is 10.2 Å². The molecule has 2 fully saturated rings. The van der Waals surface area contributed by atoms with E-state index in [4.69, 9.17) is 0 Å². The number of rotatable bonds is 4. The molecule has 11 heteroatoms. The van der Waals surface area contributed by atoms with Gasteiger partial charge in [0.1, 0.15) is 11.6 Å². The van der Waals surface area contributed by atoms with Crippen molar-refractivity contribution in [3.05, 3.63) is 66.0 Å². The smallest absolute Gasteiger partial charge is 0.364 e. The summed E-state index contributed by atoms with van der Waals surface area (Å²) in [5.41, 5.74) is -0.511. The maximum absolute atomic E-state index is 14.7. The Hall–Kier alpha value is -3.63. The van der Waals surface area contributed by atoms with E-state index in [1.54, 1.807) is 23.1 Å². The number of carbonyl (C=O) groups is 1. The predicted molar refractivity (Wildman–Crippen MR) is 109 cm³/mol. The van der Waals surface area contributed by atoms with Gasteiger partial charge in [-0.3, -0.25) is 4.79 Å². The molecule has 1 N–H and O–H groups in total. The minimum atomic E-state index is -4.56. The fourth-order valence-corrected chi connectivity index (χ4v) is 4.74. The first kappa shape index (κ1) is 21.2. The van der Waals surface area contributed by atoms with Gasteiger partial charge in [-0.1, -0.05) is 6.07 Å². The van der Waals surface area contributed by atoms with E-state index < -0.39 is 17.7 Å². The number of hydrogen-bond donors (Lipinski definition) is 1. The average Bonchev–Trinajstić information content (AvgIpc) is 3.36. The minimum absolute atomic E-state index is 0.0691. The van der Waals surface area contributed by atoms with Crippen molar-refractivity contribution in [2.45, 2.75) is 43.6 Å². The van der Waals surface area contributed by atoms with E-state index in [2.05, 4.69) is 25.5 Å². The third-order valence-corrected chi connectivity index (χ3v) is 6.12. The Bertz CT molecular complexity index is 1170. The van der Waals surface area contributed by atoms with Crippen molar-refractivity contribution in [2.75, 3.05) is 5.32 Å². The first-order valence-corrected chi connectivity index (χ1v) is 10.4. The summed E-state index contributed by atoms with van der Waals surface area (Å²) in [6, 6.07) is 7.05. The fourth-order valence-electron chi connectivity index (χ4n) is 4.74. The van der Waals surface area contributed by atoms with Crippen LogP contribution >= 0.6 is 0 Å². The predicted octanol–water partition coefficient (Wildman–Crippen LogP) is 3.95. The molecule has 2 aromatic heterocycles. The number of fused-ring (bicyclic) bond motifs is 2. The van der Waals surface area contributed by atoms with Crippen molar-refractivity contribution >= 4 is 11.7 Å². The summed E-state index contributed by atoms with van der Waals surface area (Å²) in [6.45, 7) is 0. The Kier molecular flexibility index (Phi) is 5.18. The summed E-state index contributed by atoms with van der Waals surface area (Å²) >= 11 is 0. The summed E-state index contributed by atoms with van der Waals surface area (Å²) in [4.78, 5) is 22.5. The lowest BCUT2D eigenvalue weighted by atomic mass is 9.95. The standard InChI is InChI=1S/C22H18F4N6O/c23-14-4-1-3-13(20(14)15-5-2-8-29-31-15)21(33)32-12-6-7-17(32)16(9-12)30-19-11-27-18(10-28-19)22(24,25)26/h1-5,8,10-12,16-17H,6-7,9H2,(H,28,30)/t12-,16-,17+/m1/s1. The first-order chi connectivity index (χ1) is 15.8. The topological polar surface area (TPSA) is 83.9 Å². The Labute approximate surface area is 185 Å². The van der Waals surface area contributed by atoms with Crippen LogP contribution in [0.3, 0.4) is 0 Å². The highest BCUT2D eigenvalue weighted by Gasteiger charge is 2.49. The molecule has 0 aliphatic carbocycles. The van der Waals surface area contributed by atoms with Gasteiger partial charge in [0.25, 0.3) is 5.91 Å². The molecule has 1 aromatic carbocycles. The number of anilines is 1. The van der Waals surface area contributed by atoms with Crippen molar-refractivity contribution in [3.8, 4) is 11.3 Å². The van der Waals surface area contributed by atoms with E-state index in [0.29, 0.717) is 12.6 Å². The molecule has 2 aliphatic rings. The third-order valence-electron chi connectivity index (χ3n) is 6.12. The molecule has 0 unspecified atom stereocenters. The minimum Gasteiger partial charge on any atom is -0.364 e. The molecule has 7 nitrogen and oxygen atoms in total. The van der Waals surface area contributed by atoms with Crippen molar-refractivity contribution in [3.63, 3.8) is 0 Å². The van der Waals surface area contributed by atoms with E-state index in [1.807, 2.05) is 0 Å². The molecule has 2 aliphatic heterocycles. The molecule has 2 saturated heterocycles. The Balaban J connectivity index is 1.39. The second-order valence-corrected chi connectivity index (χ2v) is 8.05. The molecule has 5 rings (SSSR count). The largest absolute Gasteiger partial charge is 0.434 e. The van der Waals surface area contributed by atoms with Gasteiger partial charge in [0.15, 0.2) is 5.69 Å². The van der Waals surface area contributed by atoms with Crippen LogP contribution in [0.25, 0.3) is 11.3 Å². The molecule has 2 bridgehead atoms. The highest BCUT2D eigenvalue weighted by Crippen LogP contribution is 2.41. The highest BCUT2D eigenvalue weighted by molar-refractivity contribution is 6.01. The van der Waals surface area contributed by atoms with Crippen molar-refractivity contribution in [2.24, 2.45) is 0 Å². The maximum Gasteiger partial charge on any atom is 0.434 e. The second-order valence-electron chi connectivity index (χ2n) is 8.05. The van der Waals surface area contributed by atoms with Gasteiger partial charge in [0, 0.05) is 12.2 Å². The summed E-state index contributed by atoms with van der Waals surface area (Å²) in [5, 5.41) is 10.9. The molecule has 1 amide bonds. The van der Waals surface area contributed by atoms with Crippen LogP contribution in [0.4, 0.5) is 23.4 Å². The van der Waals surface area contributed by atoms with E-state index in [1.165, 1.54) is 18.3 Å². The van der Waals surface area contributed by atoms with E-state index in [9.17, 15) is 22.4 Å². The lowest BCUT2D eigenvalue weighted by Gasteiger charge is -2.26. The van der Waals surface area contributed by atoms with Crippen LogP contribution in [0, 0.1) is 5.82 Å². The second kappa shape index (κ2) is 8.05. The van der Waals surface area contributed by atoms with Gasteiger partial charge in [-0.25, -0.2) is 14.4 Å². The maximum atomic E-state index is 14.7. The fraction of sp³-hybridized carbons (Fsp3) is 0.318. The number of benzene rings is 1. The highest BCUT2D eigenvalue weighted by atomic mass is 19.4. The Morgan fingerprint density at radius 3 is 2.64 bits per heavy atom. The van der Waals surface area contributed by atoms with E-state index >= 15 is 0 Å². The SMILES string of the molecule is O=C(c1cccc(F)c1-c1cccnn1)N1[C@@H]2CC[C@H]1[C@H](Nc1cnc(C(F)(F)F)cn1)C2. The number of aromatic nitrogens is 4. The van der Waals surface area contributed by atoms with Gasteiger partial charge in [-0.15, -0.1) is 0 Å². The lowest BCUT2D eigenvalue weighted by Crippen LogP contribution is -2.40. The summed E-state index contributed by atoms with van der Waals surface area (Å²) in [6.07, 6.45) is 0.744. The van der Waals surface area contributed by atoms with Crippen molar-refractivity contribution in [1.82, 2.24) is 25.1 Å². The number of nitrogens with one attached hydrogen (secondary N) is 1. The molecular weight excluding hydrogens is 440 g/mol. The Morgan fingerprint density at radius 2 is 1.94 bits per heavy atom. The van der Waals surface area contributed by atoms with Gasteiger partial charge in [0.05, 0.1) is 41.3 Å². The molecule has 3 atom stereocenters. The molecule has 0 saturated carbocycles. The quantitative estimate of drug-likeness (QED) is 0.596. The van der Waals surface area contributed by atoms with Gasteiger partial charge in [-0.05, 0) is 43.5 Å². The molecule has 33 heavy (non-hydrogen) atoms. The number of hydrogen-bond acceptors (Lipinski definition) is 6. The van der Waals surface area contributed by atoms with Crippen LogP contribution in [-0.2, 0) is 6.18 Å². The van der Waals surface area contributed by atoms with Gasteiger partial charge >= 0.3 is 6.18 Å². The van der Waals surface area contributed by atoms with Crippen LogP contribution in [-0.4, -0.2) is 49.1 Å². The first-order valence-electron chi connectivity index (χ1n) is 10.4. The third kappa shape index (κ3) is 3.87. The number of carbonyl (C=O) groups excluding carboxylic acids is 1. The van der Waals surface area contributed by atoms with Crippen LogP contribution in [0.5, 0.6) is 0 Å². The number of amides is 1. The molecule has 0 radical (unpaired) electrons.